The van der Waals surface area contributed by atoms with Gasteiger partial charge in [-0.15, -0.1) is 0 Å². The van der Waals surface area contributed by atoms with Gasteiger partial charge in [0.1, 0.15) is 0 Å². The number of rotatable bonds is 22. The van der Waals surface area contributed by atoms with Crippen molar-refractivity contribution in [3.05, 3.63) is 25.3 Å². The Morgan fingerprint density at radius 2 is 1.00 bits per heavy atom. The van der Waals surface area contributed by atoms with Crippen LogP contribution in [-0.2, 0) is 40.4 Å². The van der Waals surface area contributed by atoms with Crippen molar-refractivity contribution in [2.45, 2.75) is 128 Å². The second-order valence-electron chi connectivity index (χ2n) is 9.58. The van der Waals surface area contributed by atoms with Crippen LogP contribution >= 0.6 is 0 Å². The predicted octanol–water partition coefficient (Wildman–Crippen LogP) is 7.93. The van der Waals surface area contributed by atoms with Gasteiger partial charge in [0.05, 0.1) is 0 Å². The molecule has 0 bridgehead atoms. The van der Waals surface area contributed by atoms with Gasteiger partial charge in [-0.3, -0.25) is 0 Å². The molecule has 0 aromatic rings. The minimum absolute atomic E-state index is 0.0635. The van der Waals surface area contributed by atoms with Gasteiger partial charge in [-0.1, -0.05) is 39.0 Å². The molecule has 0 aliphatic heterocycles. The first-order chi connectivity index (χ1) is 16.1. The number of hydrogen-bond donors (Lipinski definition) is 0. The zero-order valence-corrected chi connectivity index (χ0v) is 23.5. The van der Waals surface area contributed by atoms with Crippen LogP contribution in [0.25, 0.3) is 0 Å². The molecule has 0 aromatic carbocycles. The van der Waals surface area contributed by atoms with Gasteiger partial charge in [0.2, 0.25) is 0 Å². The fourth-order valence-electron chi connectivity index (χ4n) is 4.04. The van der Waals surface area contributed by atoms with E-state index < -0.39 is 36.3 Å². The fourth-order valence-corrected chi connectivity index (χ4v) is 8.63. The molecular formula is C27H48O6Ti. The van der Waals surface area contributed by atoms with Gasteiger partial charge in [0.15, 0.2) is 0 Å². The van der Waals surface area contributed by atoms with Crippen LogP contribution in [0.15, 0.2) is 25.3 Å². The van der Waals surface area contributed by atoms with E-state index >= 15 is 0 Å². The molecule has 0 atom stereocenters. The third-order valence-corrected chi connectivity index (χ3v) is 13.3. The maximum absolute atomic E-state index is 13.9. The quantitative estimate of drug-likeness (QED) is 0.0825. The Morgan fingerprint density at radius 1 is 0.676 bits per heavy atom. The van der Waals surface area contributed by atoms with E-state index in [9.17, 15) is 17.7 Å². The zero-order valence-electron chi connectivity index (χ0n) is 21.9. The summed E-state index contributed by atoms with van der Waals surface area (Å²) in [6.45, 7) is 11.7. The Labute approximate surface area is 209 Å². The third-order valence-electron chi connectivity index (χ3n) is 6.43. The Morgan fingerprint density at radius 3 is 1.29 bits per heavy atom. The molecule has 0 aliphatic rings. The van der Waals surface area contributed by atoms with E-state index in [-0.39, 0.29) is 6.42 Å². The van der Waals surface area contributed by atoms with Crippen molar-refractivity contribution in [3.8, 4) is 0 Å². The van der Waals surface area contributed by atoms with Gasteiger partial charge < -0.3 is 0 Å². The van der Waals surface area contributed by atoms with E-state index in [1.165, 1.54) is 84.5 Å². The van der Waals surface area contributed by atoms with E-state index in [0.717, 1.165) is 31.4 Å². The number of carbonyl (C=O) groups is 3. The summed E-state index contributed by atoms with van der Waals surface area (Å²) in [7, 11) is 0. The van der Waals surface area contributed by atoms with Crippen molar-refractivity contribution in [2.75, 3.05) is 0 Å². The molecule has 196 valence electrons. The molecule has 0 aromatic heterocycles. The van der Waals surface area contributed by atoms with Crippen LogP contribution in [0, 0.1) is 0 Å². The summed E-state index contributed by atoms with van der Waals surface area (Å²) in [5, 5.41) is 0. The minimum atomic E-state index is -6.33. The molecule has 34 heavy (non-hydrogen) atoms. The van der Waals surface area contributed by atoms with E-state index in [1.54, 1.807) is 0 Å². The molecule has 0 fully saturated rings. The van der Waals surface area contributed by atoms with Crippen LogP contribution in [-0.4, -0.2) is 16.0 Å². The Kier molecular flexibility index (Phi) is 17.2. The SMILES string of the molecule is C=CC(=O)[O][Ti](=[O])([O]C(=O)C=C)([C](=O)CCCCCCCCCCCCCCCCC)[CH](C)C. The average Bonchev–Trinajstić information content (AvgIpc) is 2.81. The first-order valence-electron chi connectivity index (χ1n) is 13.3. The van der Waals surface area contributed by atoms with Crippen LogP contribution < -0.4 is 0 Å². The van der Waals surface area contributed by atoms with Crippen molar-refractivity contribution in [1.82, 2.24) is 0 Å². The van der Waals surface area contributed by atoms with Crippen LogP contribution in [0.3, 0.4) is 0 Å². The summed E-state index contributed by atoms with van der Waals surface area (Å²) < 4.78 is 22.3. The summed E-state index contributed by atoms with van der Waals surface area (Å²) in [4.78, 5) is 36.7. The monoisotopic (exact) mass is 516 g/mol. The van der Waals surface area contributed by atoms with Crippen molar-refractivity contribution >= 4 is 16.0 Å². The molecular weight excluding hydrogens is 468 g/mol. The number of unbranched alkanes of at least 4 members (excludes halogenated alkanes) is 14. The number of carbonyl (C=O) groups excluding carboxylic acids is 3. The molecule has 0 spiro atoms. The van der Waals surface area contributed by atoms with Gasteiger partial charge >= 0.3 is 170 Å². The van der Waals surface area contributed by atoms with Crippen LogP contribution in [0.1, 0.15) is 124 Å². The molecule has 0 unspecified atom stereocenters. The second-order valence-corrected chi connectivity index (χ2v) is 16.2. The van der Waals surface area contributed by atoms with Gasteiger partial charge in [0, 0.05) is 0 Å². The number of hydrogen-bond acceptors (Lipinski definition) is 6. The summed E-state index contributed by atoms with van der Waals surface area (Å²) in [5.41, 5.74) is 0. The molecule has 0 aliphatic carbocycles. The Hall–Kier alpha value is -1.40. The zero-order chi connectivity index (χ0) is 25.9. The topological polar surface area (TPSA) is 86.7 Å². The molecule has 6 nitrogen and oxygen atoms in total. The normalized spacial score (nSPS) is 11.8. The molecule has 0 heterocycles. The maximum atomic E-state index is 13.9. The summed E-state index contributed by atoms with van der Waals surface area (Å²) in [6.07, 6.45) is 19.4. The molecule has 0 rings (SSSR count). The molecule has 0 saturated heterocycles. The van der Waals surface area contributed by atoms with Crippen LogP contribution in [0.5, 0.6) is 0 Å². The first kappa shape index (κ1) is 32.6. The standard InChI is InChI=1S/C18H35O.2C3H4O2.C3H7.O.Ti/c1-2-3-4-5-6-7-8-9-10-11-12-13-14-15-16-17-18-19;2*1-2-3(4)5;1-3-2;;/h2-17H2,1H3;2*2H,1H2,(H,4,5);3H,1-2H3;;/q;;;;;+2/p-2. The Bertz CT molecular complexity index is 684. The Balaban J connectivity index is 4.33. The molecule has 7 heteroatoms. The van der Waals surface area contributed by atoms with Gasteiger partial charge in [-0.25, -0.2) is 0 Å². The third kappa shape index (κ3) is 11.8. The molecule has 0 radical (unpaired) electrons. The van der Waals surface area contributed by atoms with E-state index in [2.05, 4.69) is 20.1 Å². The molecule has 0 N–H and O–H groups in total. The van der Waals surface area contributed by atoms with E-state index in [4.69, 9.17) is 6.64 Å². The second kappa shape index (κ2) is 18.0. The summed E-state index contributed by atoms with van der Waals surface area (Å²) in [6, 6.07) is 0. The van der Waals surface area contributed by atoms with Gasteiger partial charge in [-0.2, -0.15) is 0 Å². The fraction of sp³-hybridized carbons (Fsp3) is 0.741. The van der Waals surface area contributed by atoms with Gasteiger partial charge in [0.25, 0.3) is 0 Å². The average molecular weight is 517 g/mol. The first-order valence-corrected chi connectivity index (χ1v) is 16.9. The molecule has 0 saturated carbocycles. The molecule has 0 amide bonds. The van der Waals surface area contributed by atoms with E-state index in [1.807, 2.05) is 0 Å². The predicted molar refractivity (Wildman–Crippen MR) is 133 cm³/mol. The van der Waals surface area contributed by atoms with Crippen molar-refractivity contribution in [3.63, 3.8) is 0 Å². The van der Waals surface area contributed by atoms with Crippen LogP contribution in [0.2, 0.25) is 4.22 Å². The summed E-state index contributed by atoms with van der Waals surface area (Å²) in [5.74, 6) is -2.08. The van der Waals surface area contributed by atoms with Crippen molar-refractivity contribution in [1.29, 1.82) is 0 Å². The van der Waals surface area contributed by atoms with Crippen molar-refractivity contribution < 1.29 is 40.4 Å². The van der Waals surface area contributed by atoms with E-state index in [0.29, 0.717) is 6.42 Å². The van der Waals surface area contributed by atoms with Crippen LogP contribution in [0.4, 0.5) is 0 Å². The summed E-state index contributed by atoms with van der Waals surface area (Å²) >= 11 is -6.33. The van der Waals surface area contributed by atoms with Gasteiger partial charge in [-0.05, 0) is 0 Å². The van der Waals surface area contributed by atoms with Crippen molar-refractivity contribution in [2.24, 2.45) is 0 Å².